The Balaban J connectivity index is 2.11. The van der Waals surface area contributed by atoms with Crippen LogP contribution in [0.4, 0.5) is 8.78 Å². The van der Waals surface area contributed by atoms with E-state index in [1.54, 1.807) is 13.8 Å². The van der Waals surface area contributed by atoms with Crippen LogP contribution in [-0.2, 0) is 4.79 Å². The maximum Gasteiger partial charge on any atom is 0.334 e. The van der Waals surface area contributed by atoms with E-state index in [2.05, 4.69) is 5.32 Å². The number of nitrogens with one attached hydrogen (secondary N) is 1. The minimum atomic E-state index is -0.970. The molecule has 1 unspecified atom stereocenters. The lowest BCUT2D eigenvalue weighted by atomic mass is 10.0. The van der Waals surface area contributed by atoms with Crippen LogP contribution in [0.1, 0.15) is 24.2 Å². The quantitative estimate of drug-likeness (QED) is 0.674. The van der Waals surface area contributed by atoms with Crippen molar-refractivity contribution in [3.63, 3.8) is 0 Å². The second-order valence-corrected chi connectivity index (χ2v) is 5.55. The molecule has 4 nitrogen and oxygen atoms in total. The Kier molecular flexibility index (Phi) is 5.63. The molecule has 1 N–H and O–H groups in total. The van der Waals surface area contributed by atoms with E-state index in [0.717, 1.165) is 12.1 Å². The van der Waals surface area contributed by atoms with E-state index in [1.165, 1.54) is 36.4 Å². The fraction of sp³-hybridized carbons (Fsp3) is 0.222. The van der Waals surface area contributed by atoms with Crippen molar-refractivity contribution < 1.29 is 23.1 Å². The average molecular weight is 333 g/mol. The van der Waals surface area contributed by atoms with Gasteiger partial charge in [-0.3, -0.25) is 4.79 Å². The molecule has 0 radical (unpaired) electrons. The second kappa shape index (κ2) is 7.68. The molecule has 1 atom stereocenters. The van der Waals surface area contributed by atoms with E-state index in [0.29, 0.717) is 0 Å². The van der Waals surface area contributed by atoms with Gasteiger partial charge in [0.2, 0.25) is 0 Å². The van der Waals surface area contributed by atoms with Gasteiger partial charge >= 0.3 is 5.97 Å². The van der Waals surface area contributed by atoms with E-state index in [1.807, 2.05) is 0 Å². The van der Waals surface area contributed by atoms with Crippen molar-refractivity contribution in [2.75, 3.05) is 0 Å². The molecule has 6 heteroatoms. The van der Waals surface area contributed by atoms with Crippen LogP contribution in [0, 0.1) is 17.6 Å². The van der Waals surface area contributed by atoms with Crippen molar-refractivity contribution in [1.82, 2.24) is 5.32 Å². The van der Waals surface area contributed by atoms with Crippen molar-refractivity contribution in [2.24, 2.45) is 5.92 Å². The molecule has 0 aliphatic rings. The molecule has 0 fully saturated rings. The lowest BCUT2D eigenvalue weighted by molar-refractivity contribution is -0.137. The first-order valence-corrected chi connectivity index (χ1v) is 7.41. The zero-order valence-corrected chi connectivity index (χ0v) is 13.3. The highest BCUT2D eigenvalue weighted by molar-refractivity contribution is 5.97. The first-order valence-electron chi connectivity index (χ1n) is 7.41. The topological polar surface area (TPSA) is 55.4 Å². The van der Waals surface area contributed by atoms with Gasteiger partial charge in [-0.2, -0.15) is 0 Å². The van der Waals surface area contributed by atoms with Gasteiger partial charge in [0.05, 0.1) is 0 Å². The van der Waals surface area contributed by atoms with Gasteiger partial charge in [0.15, 0.2) is 11.6 Å². The highest BCUT2D eigenvalue weighted by Gasteiger charge is 2.27. The highest BCUT2D eigenvalue weighted by Crippen LogP contribution is 2.17. The molecule has 24 heavy (non-hydrogen) atoms. The Bertz CT molecular complexity index is 729. The smallest absolute Gasteiger partial charge is 0.334 e. The molecule has 2 rings (SSSR count). The summed E-state index contributed by atoms with van der Waals surface area (Å²) in [5.74, 6) is -2.94. The number of halogens is 2. The largest absolute Gasteiger partial charge is 0.422 e. The van der Waals surface area contributed by atoms with E-state index in [4.69, 9.17) is 4.74 Å². The van der Waals surface area contributed by atoms with Crippen LogP contribution < -0.4 is 10.1 Å². The number of esters is 1. The summed E-state index contributed by atoms with van der Waals surface area (Å²) in [6, 6.07) is 9.46. The summed E-state index contributed by atoms with van der Waals surface area (Å²) in [6.07, 6.45) is 0. The molecule has 0 bridgehead atoms. The molecule has 0 aliphatic carbocycles. The Hall–Kier alpha value is -2.76. The lowest BCUT2D eigenvalue weighted by Crippen LogP contribution is -2.46. The van der Waals surface area contributed by atoms with Crippen LogP contribution >= 0.6 is 0 Å². The summed E-state index contributed by atoms with van der Waals surface area (Å²) < 4.78 is 31.5. The van der Waals surface area contributed by atoms with Gasteiger partial charge < -0.3 is 10.1 Å². The number of amides is 1. The lowest BCUT2D eigenvalue weighted by Gasteiger charge is -2.21. The number of hydrogen-bond acceptors (Lipinski definition) is 3. The van der Waals surface area contributed by atoms with Gasteiger partial charge in [0, 0.05) is 5.56 Å². The number of para-hydroxylation sites is 1. The average Bonchev–Trinajstić information content (AvgIpc) is 2.54. The molecule has 0 heterocycles. The van der Waals surface area contributed by atoms with E-state index in [-0.39, 0.29) is 17.2 Å². The molecule has 2 aromatic carbocycles. The first kappa shape index (κ1) is 17.6. The Labute approximate surface area is 138 Å². The predicted molar refractivity (Wildman–Crippen MR) is 84.5 cm³/mol. The molecule has 2 aromatic rings. The minimum absolute atomic E-state index is 0.204. The molecule has 126 valence electrons. The Morgan fingerprint density at radius 3 is 2.21 bits per heavy atom. The number of carbonyl (C=O) groups is 2. The summed E-state index contributed by atoms with van der Waals surface area (Å²) in [6.45, 7) is 3.44. The summed E-state index contributed by atoms with van der Waals surface area (Å²) in [7, 11) is 0. The van der Waals surface area contributed by atoms with Crippen molar-refractivity contribution in [1.29, 1.82) is 0 Å². The number of benzene rings is 2. The molecular formula is C18H17F2NO3. The molecule has 1 amide bonds. The van der Waals surface area contributed by atoms with Crippen LogP contribution in [0.3, 0.4) is 0 Å². The maximum absolute atomic E-state index is 13.6. The van der Waals surface area contributed by atoms with Crippen LogP contribution in [0.15, 0.2) is 48.5 Å². The van der Waals surface area contributed by atoms with E-state index in [9.17, 15) is 18.4 Å². The molecular weight excluding hydrogens is 316 g/mol. The third kappa shape index (κ3) is 4.38. The predicted octanol–water partition coefficient (Wildman–Crippen LogP) is 3.32. The minimum Gasteiger partial charge on any atom is -0.422 e. The summed E-state index contributed by atoms with van der Waals surface area (Å²) in [4.78, 5) is 24.4. The number of rotatable bonds is 5. The van der Waals surface area contributed by atoms with Gasteiger partial charge in [0.1, 0.15) is 11.9 Å². The normalized spacial score (nSPS) is 11.9. The number of ether oxygens (including phenoxy) is 1. The zero-order valence-electron chi connectivity index (χ0n) is 13.3. The van der Waals surface area contributed by atoms with E-state index < -0.39 is 29.6 Å². The van der Waals surface area contributed by atoms with Crippen LogP contribution in [0.2, 0.25) is 0 Å². The second-order valence-electron chi connectivity index (χ2n) is 5.55. The SMILES string of the molecule is CC(C)C(NC(=O)c1ccc(F)cc1)C(=O)Oc1ccccc1F. The maximum atomic E-state index is 13.6. The first-order chi connectivity index (χ1) is 11.4. The molecule has 0 spiro atoms. The van der Waals surface area contributed by atoms with Crippen molar-refractivity contribution in [3.8, 4) is 5.75 Å². The summed E-state index contributed by atoms with van der Waals surface area (Å²) in [5.41, 5.74) is 0.209. The number of hydrogen-bond donors (Lipinski definition) is 1. The van der Waals surface area contributed by atoms with Gasteiger partial charge in [-0.15, -0.1) is 0 Å². The molecule has 0 aromatic heterocycles. The Morgan fingerprint density at radius 2 is 1.62 bits per heavy atom. The Morgan fingerprint density at radius 1 is 1.00 bits per heavy atom. The van der Waals surface area contributed by atoms with E-state index >= 15 is 0 Å². The van der Waals surface area contributed by atoms with Gasteiger partial charge in [-0.05, 0) is 42.3 Å². The summed E-state index contributed by atoms with van der Waals surface area (Å²) in [5, 5.41) is 2.53. The van der Waals surface area contributed by atoms with Gasteiger partial charge in [0.25, 0.3) is 5.91 Å². The van der Waals surface area contributed by atoms with Crippen LogP contribution in [0.5, 0.6) is 5.75 Å². The van der Waals surface area contributed by atoms with Gasteiger partial charge in [-0.25, -0.2) is 13.6 Å². The van der Waals surface area contributed by atoms with Crippen LogP contribution in [-0.4, -0.2) is 17.9 Å². The third-order valence-corrected chi connectivity index (χ3v) is 3.36. The highest BCUT2D eigenvalue weighted by atomic mass is 19.1. The van der Waals surface area contributed by atoms with Crippen molar-refractivity contribution >= 4 is 11.9 Å². The third-order valence-electron chi connectivity index (χ3n) is 3.36. The number of carbonyl (C=O) groups excluding carboxylic acids is 2. The molecule has 0 aliphatic heterocycles. The fourth-order valence-electron chi connectivity index (χ4n) is 2.02. The molecule has 0 saturated heterocycles. The fourth-order valence-corrected chi connectivity index (χ4v) is 2.02. The van der Waals surface area contributed by atoms with Crippen LogP contribution in [0.25, 0.3) is 0 Å². The van der Waals surface area contributed by atoms with Crippen molar-refractivity contribution in [3.05, 3.63) is 65.7 Å². The zero-order chi connectivity index (χ0) is 17.7. The summed E-state index contributed by atoms with van der Waals surface area (Å²) >= 11 is 0. The standard InChI is InChI=1S/C18H17F2NO3/c1-11(2)16(18(23)24-15-6-4-3-5-14(15)20)21-17(22)12-7-9-13(19)10-8-12/h3-11,16H,1-2H3,(H,21,22). The van der Waals surface area contributed by atoms with Crippen molar-refractivity contribution in [2.45, 2.75) is 19.9 Å². The monoisotopic (exact) mass is 333 g/mol. The molecule has 0 saturated carbocycles. The van der Waals surface area contributed by atoms with Gasteiger partial charge in [-0.1, -0.05) is 26.0 Å².